The molecule has 0 aromatic heterocycles. The van der Waals surface area contributed by atoms with Crippen LogP contribution < -0.4 is 4.74 Å². The van der Waals surface area contributed by atoms with Crippen molar-refractivity contribution >= 4 is 28.3 Å². The molecule has 94 valence electrons. The van der Waals surface area contributed by atoms with Crippen molar-refractivity contribution in [2.24, 2.45) is 0 Å². The van der Waals surface area contributed by atoms with E-state index in [1.54, 1.807) is 30.3 Å². The third-order valence-electron chi connectivity index (χ3n) is 2.33. The molecule has 0 N–H and O–H groups in total. The van der Waals surface area contributed by atoms with E-state index in [4.69, 9.17) is 10.00 Å². The average molecular weight is 366 g/mol. The van der Waals surface area contributed by atoms with E-state index in [9.17, 15) is 10.1 Å². The van der Waals surface area contributed by atoms with Crippen molar-refractivity contribution in [2.45, 2.75) is 0 Å². The molecule has 0 aliphatic carbocycles. The highest BCUT2D eigenvalue weighted by Crippen LogP contribution is 2.34. The molecule has 0 amide bonds. The van der Waals surface area contributed by atoms with Gasteiger partial charge in [0.15, 0.2) is 0 Å². The Morgan fingerprint density at radius 1 is 1.26 bits per heavy atom. The van der Waals surface area contributed by atoms with Crippen LogP contribution in [0.5, 0.6) is 11.5 Å². The molecular weight excluding hydrogens is 359 g/mol. The minimum atomic E-state index is -0.609. The first-order valence-corrected chi connectivity index (χ1v) is 6.30. The Kier molecular flexibility index (Phi) is 3.97. The van der Waals surface area contributed by atoms with Gasteiger partial charge in [-0.25, -0.2) is 0 Å². The second kappa shape index (κ2) is 5.67. The summed E-state index contributed by atoms with van der Waals surface area (Å²) >= 11 is 2.12. The second-order valence-corrected chi connectivity index (χ2v) is 4.83. The number of rotatable bonds is 3. The SMILES string of the molecule is N#Cc1cccc(Oc2cccc(I)c2)c1[N+](=O)[O-]. The number of para-hydroxylation sites is 1. The monoisotopic (exact) mass is 366 g/mol. The standard InChI is InChI=1S/C13H7IN2O3/c14-10-4-2-5-11(7-10)19-12-6-1-3-9(8-15)13(12)16(17)18/h1-7H. The predicted molar refractivity (Wildman–Crippen MR) is 77.0 cm³/mol. The highest BCUT2D eigenvalue weighted by Gasteiger charge is 2.21. The third kappa shape index (κ3) is 3.00. The Balaban J connectivity index is 2.46. The van der Waals surface area contributed by atoms with Crippen LogP contribution in [0.25, 0.3) is 0 Å². The Morgan fingerprint density at radius 2 is 2.00 bits per heavy atom. The van der Waals surface area contributed by atoms with Crippen molar-refractivity contribution in [1.29, 1.82) is 5.26 Å². The number of halogens is 1. The van der Waals surface area contributed by atoms with Gasteiger partial charge in [-0.2, -0.15) is 5.26 Å². The number of ether oxygens (including phenoxy) is 1. The Hall–Kier alpha value is -2.14. The zero-order valence-electron chi connectivity index (χ0n) is 9.54. The molecule has 0 aliphatic rings. The number of benzene rings is 2. The van der Waals surface area contributed by atoms with E-state index >= 15 is 0 Å². The van der Waals surface area contributed by atoms with E-state index < -0.39 is 4.92 Å². The van der Waals surface area contributed by atoms with Crippen molar-refractivity contribution < 1.29 is 9.66 Å². The fraction of sp³-hybridized carbons (Fsp3) is 0. The summed E-state index contributed by atoms with van der Waals surface area (Å²) in [5, 5.41) is 19.9. The van der Waals surface area contributed by atoms with Gasteiger partial charge in [-0.05, 0) is 52.9 Å². The molecule has 2 aromatic carbocycles. The Bertz CT molecular complexity index is 680. The van der Waals surface area contributed by atoms with Gasteiger partial charge in [0, 0.05) is 3.57 Å². The van der Waals surface area contributed by atoms with Crippen LogP contribution in [0.3, 0.4) is 0 Å². The van der Waals surface area contributed by atoms with Gasteiger partial charge in [-0.3, -0.25) is 10.1 Å². The lowest BCUT2D eigenvalue weighted by Gasteiger charge is -2.07. The molecule has 0 spiro atoms. The average Bonchev–Trinajstić information content (AvgIpc) is 2.38. The number of nitriles is 1. The minimum absolute atomic E-state index is 0.0203. The summed E-state index contributed by atoms with van der Waals surface area (Å²) in [6, 6.07) is 13.3. The van der Waals surface area contributed by atoms with Crippen molar-refractivity contribution in [3.63, 3.8) is 0 Å². The molecule has 2 rings (SSSR count). The van der Waals surface area contributed by atoms with Crippen LogP contribution in [-0.4, -0.2) is 4.92 Å². The fourth-order valence-electron chi connectivity index (χ4n) is 1.54. The molecule has 0 fully saturated rings. The molecule has 19 heavy (non-hydrogen) atoms. The van der Waals surface area contributed by atoms with Crippen molar-refractivity contribution in [3.8, 4) is 17.6 Å². The lowest BCUT2D eigenvalue weighted by atomic mass is 10.2. The summed E-state index contributed by atoms with van der Waals surface area (Å²) < 4.78 is 6.45. The Labute approximate surface area is 122 Å². The van der Waals surface area contributed by atoms with Gasteiger partial charge in [0.25, 0.3) is 0 Å². The molecule has 0 atom stereocenters. The van der Waals surface area contributed by atoms with E-state index in [1.165, 1.54) is 12.1 Å². The largest absolute Gasteiger partial charge is 0.450 e. The van der Waals surface area contributed by atoms with Gasteiger partial charge >= 0.3 is 5.69 Å². The maximum absolute atomic E-state index is 11.0. The molecule has 5 nitrogen and oxygen atoms in total. The topological polar surface area (TPSA) is 76.2 Å². The highest BCUT2D eigenvalue weighted by molar-refractivity contribution is 14.1. The molecule has 0 unspecified atom stereocenters. The van der Waals surface area contributed by atoms with Gasteiger partial charge in [0.1, 0.15) is 17.4 Å². The second-order valence-electron chi connectivity index (χ2n) is 3.58. The van der Waals surface area contributed by atoms with Crippen molar-refractivity contribution in [2.75, 3.05) is 0 Å². The van der Waals surface area contributed by atoms with Crippen LogP contribution in [0.2, 0.25) is 0 Å². The molecule has 0 saturated carbocycles. The molecule has 0 radical (unpaired) electrons. The summed E-state index contributed by atoms with van der Waals surface area (Å²) in [4.78, 5) is 10.4. The molecule has 0 aliphatic heterocycles. The molecular formula is C13H7IN2O3. The van der Waals surface area contributed by atoms with Crippen LogP contribution in [-0.2, 0) is 0 Å². The smallest absolute Gasteiger partial charge is 0.329 e. The first-order chi connectivity index (χ1) is 9.11. The zero-order chi connectivity index (χ0) is 13.8. The maximum Gasteiger partial charge on any atom is 0.329 e. The fourth-order valence-corrected chi connectivity index (χ4v) is 2.06. The third-order valence-corrected chi connectivity index (χ3v) is 3.00. The van der Waals surface area contributed by atoms with E-state index in [-0.39, 0.29) is 17.0 Å². The van der Waals surface area contributed by atoms with Crippen molar-refractivity contribution in [1.82, 2.24) is 0 Å². The van der Waals surface area contributed by atoms with Crippen LogP contribution in [0.4, 0.5) is 5.69 Å². The first-order valence-electron chi connectivity index (χ1n) is 5.22. The summed E-state index contributed by atoms with van der Waals surface area (Å²) in [6.45, 7) is 0. The molecule has 0 bridgehead atoms. The van der Waals surface area contributed by atoms with Gasteiger partial charge in [0.2, 0.25) is 5.75 Å². The Morgan fingerprint density at radius 3 is 2.63 bits per heavy atom. The number of nitro benzene ring substituents is 1. The summed E-state index contributed by atoms with van der Waals surface area (Å²) in [7, 11) is 0. The van der Waals surface area contributed by atoms with Gasteiger partial charge in [-0.15, -0.1) is 0 Å². The lowest BCUT2D eigenvalue weighted by Crippen LogP contribution is -1.96. The minimum Gasteiger partial charge on any atom is -0.450 e. The normalized spacial score (nSPS) is 9.68. The number of nitro groups is 1. The van der Waals surface area contributed by atoms with Gasteiger partial charge in [-0.1, -0.05) is 12.1 Å². The van der Waals surface area contributed by atoms with E-state index in [0.29, 0.717) is 5.75 Å². The summed E-state index contributed by atoms with van der Waals surface area (Å²) in [6.07, 6.45) is 0. The van der Waals surface area contributed by atoms with Crippen LogP contribution in [0.1, 0.15) is 5.56 Å². The molecule has 0 heterocycles. The van der Waals surface area contributed by atoms with E-state index in [2.05, 4.69) is 22.6 Å². The quantitative estimate of drug-likeness (QED) is 0.470. The lowest BCUT2D eigenvalue weighted by molar-refractivity contribution is -0.385. The number of nitrogens with zero attached hydrogens (tertiary/aromatic N) is 2. The maximum atomic E-state index is 11.0. The van der Waals surface area contributed by atoms with E-state index in [1.807, 2.05) is 6.07 Å². The number of hydrogen-bond acceptors (Lipinski definition) is 4. The molecule has 6 heteroatoms. The van der Waals surface area contributed by atoms with Crippen LogP contribution in [0.15, 0.2) is 42.5 Å². The van der Waals surface area contributed by atoms with Gasteiger partial charge in [0.05, 0.1) is 4.92 Å². The van der Waals surface area contributed by atoms with Crippen molar-refractivity contribution in [3.05, 3.63) is 61.7 Å². The summed E-state index contributed by atoms with van der Waals surface area (Å²) in [5.74, 6) is 0.552. The van der Waals surface area contributed by atoms with Crippen LogP contribution >= 0.6 is 22.6 Å². The highest BCUT2D eigenvalue weighted by atomic mass is 127. The first kappa shape index (κ1) is 13.3. The summed E-state index contributed by atoms with van der Waals surface area (Å²) in [5.41, 5.74) is -0.336. The van der Waals surface area contributed by atoms with E-state index in [0.717, 1.165) is 3.57 Å². The zero-order valence-corrected chi connectivity index (χ0v) is 11.7. The molecule has 0 saturated heterocycles. The predicted octanol–water partition coefficient (Wildman–Crippen LogP) is 3.86. The van der Waals surface area contributed by atoms with Crippen LogP contribution in [0, 0.1) is 25.0 Å². The molecule has 2 aromatic rings. The number of hydrogen-bond donors (Lipinski definition) is 0. The van der Waals surface area contributed by atoms with Gasteiger partial charge < -0.3 is 4.74 Å².